The van der Waals surface area contributed by atoms with Crippen LogP contribution in [-0.4, -0.2) is 86.7 Å². The predicted octanol–water partition coefficient (Wildman–Crippen LogP) is 1.08. The van der Waals surface area contributed by atoms with Crippen LogP contribution in [0.15, 0.2) is 30.3 Å². The van der Waals surface area contributed by atoms with Gasteiger partial charge in [-0.05, 0) is 12.6 Å². The van der Waals surface area contributed by atoms with Gasteiger partial charge in [0.25, 0.3) is 0 Å². The third-order valence-corrected chi connectivity index (χ3v) is 4.44. The van der Waals surface area contributed by atoms with E-state index in [-0.39, 0.29) is 37.3 Å². The molecule has 2 N–H and O–H groups in total. The fourth-order valence-corrected chi connectivity index (χ4v) is 2.96. The Morgan fingerprint density at radius 3 is 2.38 bits per heavy atom. The average molecular weight is 407 g/mol. The van der Waals surface area contributed by atoms with Gasteiger partial charge in [-0.2, -0.15) is 0 Å². The highest BCUT2D eigenvalue weighted by atomic mass is 35.5. The van der Waals surface area contributed by atoms with Gasteiger partial charge in [0.2, 0.25) is 5.91 Å². The van der Waals surface area contributed by atoms with E-state index in [1.165, 1.54) is 5.56 Å². The Kier molecular flexibility index (Phi) is 12.8. The van der Waals surface area contributed by atoms with Gasteiger partial charge < -0.3 is 20.3 Å². The molecule has 1 fully saturated rings. The van der Waals surface area contributed by atoms with Gasteiger partial charge in [-0.25, -0.2) is 0 Å². The molecule has 1 unspecified atom stereocenters. The topological polar surface area (TPSA) is 62.0 Å². The molecule has 8 heteroatoms. The third kappa shape index (κ3) is 8.20. The number of carbonyl (C=O) groups excluding carboxylic acids is 1. The molecule has 0 saturated carbocycles. The highest BCUT2D eigenvalue weighted by Gasteiger charge is 2.25. The van der Waals surface area contributed by atoms with E-state index in [4.69, 9.17) is 10.5 Å². The van der Waals surface area contributed by atoms with E-state index in [1.54, 1.807) is 7.11 Å². The number of nitrogens with two attached hydrogens (primary N) is 1. The maximum Gasteiger partial charge on any atom is 0.241 e. The summed E-state index contributed by atoms with van der Waals surface area (Å²) in [6.45, 7) is 6.60. The second kappa shape index (κ2) is 13.3. The van der Waals surface area contributed by atoms with E-state index in [9.17, 15) is 4.79 Å². The molecule has 6 nitrogen and oxygen atoms in total. The summed E-state index contributed by atoms with van der Waals surface area (Å²) >= 11 is 0. The number of hydrogen-bond acceptors (Lipinski definition) is 5. The molecule has 0 radical (unpaired) electrons. The number of rotatable bonds is 8. The summed E-state index contributed by atoms with van der Waals surface area (Å²) in [6.07, 6.45) is 0. The molecule has 0 aliphatic carbocycles. The van der Waals surface area contributed by atoms with E-state index in [0.29, 0.717) is 0 Å². The minimum Gasteiger partial charge on any atom is -0.383 e. The van der Waals surface area contributed by atoms with E-state index < -0.39 is 6.04 Å². The molecule has 0 bridgehead atoms. The summed E-state index contributed by atoms with van der Waals surface area (Å²) in [4.78, 5) is 18.8. The van der Waals surface area contributed by atoms with Crippen molar-refractivity contribution in [2.45, 2.75) is 12.6 Å². The lowest BCUT2D eigenvalue weighted by Gasteiger charge is -2.36. The lowest BCUT2D eigenvalue weighted by molar-refractivity contribution is -0.135. The first-order valence-electron chi connectivity index (χ1n) is 8.58. The van der Waals surface area contributed by atoms with Crippen LogP contribution in [0.5, 0.6) is 0 Å². The molecule has 1 aromatic rings. The minimum absolute atomic E-state index is 0. The van der Waals surface area contributed by atoms with Crippen molar-refractivity contribution in [3.8, 4) is 0 Å². The molecule has 1 saturated heterocycles. The van der Waals surface area contributed by atoms with Gasteiger partial charge in [-0.1, -0.05) is 30.3 Å². The highest BCUT2D eigenvalue weighted by Crippen LogP contribution is 2.06. The van der Waals surface area contributed by atoms with Crippen molar-refractivity contribution in [1.29, 1.82) is 0 Å². The number of ether oxygens (including phenoxy) is 1. The number of benzene rings is 1. The van der Waals surface area contributed by atoms with Gasteiger partial charge >= 0.3 is 0 Å². The zero-order valence-corrected chi connectivity index (χ0v) is 17.3. The van der Waals surface area contributed by atoms with Crippen molar-refractivity contribution in [3.63, 3.8) is 0 Å². The van der Waals surface area contributed by atoms with Crippen molar-refractivity contribution in [2.24, 2.45) is 5.73 Å². The van der Waals surface area contributed by atoms with Gasteiger partial charge in [0.15, 0.2) is 0 Å². The number of likely N-dealkylation sites (N-methyl/N-ethyl adjacent to an activating group) is 1. The van der Waals surface area contributed by atoms with Crippen LogP contribution in [0.3, 0.4) is 0 Å². The van der Waals surface area contributed by atoms with E-state index in [2.05, 4.69) is 41.1 Å². The zero-order valence-electron chi connectivity index (χ0n) is 15.7. The summed E-state index contributed by atoms with van der Waals surface area (Å²) in [5.74, 6) is -0.00213. The quantitative estimate of drug-likeness (QED) is 0.699. The Bertz CT molecular complexity index is 499. The molecular weight excluding hydrogens is 375 g/mol. The molecule has 26 heavy (non-hydrogen) atoms. The second-order valence-electron chi connectivity index (χ2n) is 6.45. The fourth-order valence-electron chi connectivity index (χ4n) is 2.96. The summed E-state index contributed by atoms with van der Waals surface area (Å²) < 4.78 is 4.96. The highest BCUT2D eigenvalue weighted by molar-refractivity contribution is 5.85. The molecule has 150 valence electrons. The second-order valence-corrected chi connectivity index (χ2v) is 6.45. The van der Waals surface area contributed by atoms with Crippen molar-refractivity contribution >= 4 is 30.7 Å². The van der Waals surface area contributed by atoms with Crippen LogP contribution in [0, 0.1) is 0 Å². The first-order valence-corrected chi connectivity index (χ1v) is 8.58. The number of carbonyl (C=O) groups is 1. The van der Waals surface area contributed by atoms with Crippen LogP contribution in [-0.2, 0) is 16.1 Å². The maximum atomic E-state index is 12.2. The standard InChI is InChI=1S/C18H30N4O2.2ClH/c1-20(14-16-6-4-3-5-7-16)8-9-21-10-12-22(13-11-21)18(23)17(19)15-24-2;;/h3-7,17H,8-15,19H2,1-2H3;2*1H. The lowest BCUT2D eigenvalue weighted by Crippen LogP contribution is -2.54. The number of piperazine rings is 1. The molecule has 1 aliphatic heterocycles. The zero-order chi connectivity index (χ0) is 17.4. The first-order chi connectivity index (χ1) is 11.6. The molecular formula is C18H32Cl2N4O2. The molecule has 0 aromatic heterocycles. The number of amides is 1. The Hall–Kier alpha value is -0.890. The van der Waals surface area contributed by atoms with Crippen LogP contribution < -0.4 is 5.73 Å². The molecule has 2 rings (SSSR count). The normalized spacial score (nSPS) is 15.9. The molecule has 1 amide bonds. The van der Waals surface area contributed by atoms with E-state index >= 15 is 0 Å². The van der Waals surface area contributed by atoms with Gasteiger partial charge in [0.1, 0.15) is 6.04 Å². The van der Waals surface area contributed by atoms with Crippen LogP contribution in [0.25, 0.3) is 0 Å². The minimum atomic E-state index is -0.543. The molecule has 0 spiro atoms. The summed E-state index contributed by atoms with van der Waals surface area (Å²) in [5.41, 5.74) is 7.16. The van der Waals surface area contributed by atoms with Gasteiger partial charge in [-0.15, -0.1) is 24.8 Å². The smallest absolute Gasteiger partial charge is 0.241 e. The first kappa shape index (κ1) is 25.1. The third-order valence-electron chi connectivity index (χ3n) is 4.44. The van der Waals surface area contributed by atoms with Crippen LogP contribution in [0.2, 0.25) is 0 Å². The summed E-state index contributed by atoms with van der Waals surface area (Å²) in [7, 11) is 3.72. The van der Waals surface area contributed by atoms with Crippen molar-refractivity contribution in [3.05, 3.63) is 35.9 Å². The molecule has 1 aromatic carbocycles. The fraction of sp³-hybridized carbons (Fsp3) is 0.611. The van der Waals surface area contributed by atoms with Crippen molar-refractivity contribution < 1.29 is 9.53 Å². The number of methoxy groups -OCH3 is 1. The Morgan fingerprint density at radius 2 is 1.81 bits per heavy atom. The Labute approximate surface area is 169 Å². The number of halogens is 2. The molecule has 1 atom stereocenters. The average Bonchev–Trinajstić information content (AvgIpc) is 2.61. The van der Waals surface area contributed by atoms with Crippen LogP contribution >= 0.6 is 24.8 Å². The van der Waals surface area contributed by atoms with E-state index in [1.807, 2.05) is 11.0 Å². The maximum absolute atomic E-state index is 12.2. The van der Waals surface area contributed by atoms with Gasteiger partial charge in [-0.3, -0.25) is 9.69 Å². The van der Waals surface area contributed by atoms with Crippen LogP contribution in [0.4, 0.5) is 0 Å². The van der Waals surface area contributed by atoms with Gasteiger partial charge in [0.05, 0.1) is 6.61 Å². The van der Waals surface area contributed by atoms with Crippen LogP contribution in [0.1, 0.15) is 5.56 Å². The predicted molar refractivity (Wildman–Crippen MR) is 110 cm³/mol. The molecule has 1 aliphatic rings. The molecule has 1 heterocycles. The largest absolute Gasteiger partial charge is 0.383 e. The van der Waals surface area contributed by atoms with Gasteiger partial charge in [0, 0.05) is 52.9 Å². The summed E-state index contributed by atoms with van der Waals surface area (Å²) in [5, 5.41) is 0. The van der Waals surface area contributed by atoms with Crippen molar-refractivity contribution in [1.82, 2.24) is 14.7 Å². The summed E-state index contributed by atoms with van der Waals surface area (Å²) in [6, 6.07) is 9.97. The monoisotopic (exact) mass is 406 g/mol. The lowest BCUT2D eigenvalue weighted by atomic mass is 10.2. The Balaban J connectivity index is 0.00000312. The van der Waals surface area contributed by atoms with E-state index in [0.717, 1.165) is 45.8 Å². The number of nitrogens with zero attached hydrogens (tertiary/aromatic N) is 3. The SMILES string of the molecule is COCC(N)C(=O)N1CCN(CCN(C)Cc2ccccc2)CC1.Cl.Cl. The number of hydrogen-bond donors (Lipinski definition) is 1. The van der Waals surface area contributed by atoms with Crippen molar-refractivity contribution in [2.75, 3.05) is 60.0 Å². The Morgan fingerprint density at radius 1 is 1.19 bits per heavy atom.